The monoisotopic (exact) mass is 508 g/mol. The van der Waals surface area contributed by atoms with Crippen molar-refractivity contribution in [1.82, 2.24) is 25.3 Å². The predicted molar refractivity (Wildman–Crippen MR) is 127 cm³/mol. The Kier molecular flexibility index (Phi) is 9.20. The lowest BCUT2D eigenvalue weighted by Gasteiger charge is -2.24. The number of rotatable bonds is 8. The van der Waals surface area contributed by atoms with Gasteiger partial charge in [-0.05, 0) is 43.4 Å². The molecule has 0 spiro atoms. The average molecular weight is 508 g/mol. The zero-order valence-electron chi connectivity index (χ0n) is 17.1. The van der Waals surface area contributed by atoms with Crippen molar-refractivity contribution in [3.8, 4) is 0 Å². The minimum atomic E-state index is 0. The standard InChI is InChI=1S/C21H28N6O.HI/c1-22-21(24-15-19(26(2)3)20-10-6-13-28-20)23-14-17-8-4-5-9-18(17)16-27-12-7-11-25-27;/h4-13,19H,14-16H2,1-3H3,(H2,22,23,24);1H. The number of nitrogens with one attached hydrogen (secondary N) is 2. The van der Waals surface area contributed by atoms with Gasteiger partial charge in [-0.3, -0.25) is 14.6 Å². The molecule has 1 unspecified atom stereocenters. The summed E-state index contributed by atoms with van der Waals surface area (Å²) < 4.78 is 7.50. The van der Waals surface area contributed by atoms with Crippen LogP contribution in [0.1, 0.15) is 22.9 Å². The smallest absolute Gasteiger partial charge is 0.191 e. The van der Waals surface area contributed by atoms with Crippen molar-refractivity contribution in [2.24, 2.45) is 4.99 Å². The second-order valence-electron chi connectivity index (χ2n) is 6.77. The summed E-state index contributed by atoms with van der Waals surface area (Å²) in [7, 11) is 5.86. The summed E-state index contributed by atoms with van der Waals surface area (Å²) in [6, 6.07) is 14.3. The van der Waals surface area contributed by atoms with E-state index in [9.17, 15) is 0 Å². The van der Waals surface area contributed by atoms with Crippen LogP contribution in [0.25, 0.3) is 0 Å². The molecule has 2 aromatic heterocycles. The minimum Gasteiger partial charge on any atom is -0.468 e. The van der Waals surface area contributed by atoms with Crippen molar-refractivity contribution in [3.63, 3.8) is 0 Å². The molecule has 2 heterocycles. The van der Waals surface area contributed by atoms with Crippen molar-refractivity contribution < 1.29 is 4.42 Å². The topological polar surface area (TPSA) is 70.6 Å². The van der Waals surface area contributed by atoms with E-state index >= 15 is 0 Å². The van der Waals surface area contributed by atoms with Gasteiger partial charge in [0.25, 0.3) is 0 Å². The number of aliphatic imine (C=N–C) groups is 1. The van der Waals surface area contributed by atoms with Crippen molar-refractivity contribution in [3.05, 3.63) is 78.0 Å². The molecule has 7 nitrogen and oxygen atoms in total. The third-order valence-corrected chi connectivity index (χ3v) is 4.64. The number of hydrogen-bond donors (Lipinski definition) is 2. The Hall–Kier alpha value is -2.33. The van der Waals surface area contributed by atoms with Crippen molar-refractivity contribution >= 4 is 29.9 Å². The van der Waals surface area contributed by atoms with Crippen LogP contribution in [0.3, 0.4) is 0 Å². The van der Waals surface area contributed by atoms with Gasteiger partial charge in [0.15, 0.2) is 5.96 Å². The molecular formula is C21H29IN6O. The largest absolute Gasteiger partial charge is 0.468 e. The molecule has 0 aliphatic heterocycles. The van der Waals surface area contributed by atoms with Crippen LogP contribution in [0.15, 0.2) is 70.5 Å². The Bertz CT molecular complexity index is 861. The summed E-state index contributed by atoms with van der Waals surface area (Å²) >= 11 is 0. The van der Waals surface area contributed by atoms with Crippen LogP contribution < -0.4 is 10.6 Å². The Morgan fingerprint density at radius 1 is 1.14 bits per heavy atom. The van der Waals surface area contributed by atoms with Crippen LogP contribution >= 0.6 is 24.0 Å². The van der Waals surface area contributed by atoms with E-state index in [0.29, 0.717) is 13.1 Å². The molecule has 0 radical (unpaired) electrons. The number of nitrogens with zero attached hydrogens (tertiary/aromatic N) is 4. The fraction of sp³-hybridized carbons (Fsp3) is 0.333. The molecule has 156 valence electrons. The number of furan rings is 1. The fourth-order valence-electron chi connectivity index (χ4n) is 3.06. The van der Waals surface area contributed by atoms with Gasteiger partial charge in [-0.15, -0.1) is 24.0 Å². The van der Waals surface area contributed by atoms with Crippen LogP contribution in [0.5, 0.6) is 0 Å². The summed E-state index contributed by atoms with van der Waals surface area (Å²) in [6.07, 6.45) is 5.48. The first-order chi connectivity index (χ1) is 13.7. The number of aromatic nitrogens is 2. The molecule has 2 N–H and O–H groups in total. The molecule has 0 fully saturated rings. The van der Waals surface area contributed by atoms with E-state index in [1.807, 2.05) is 43.2 Å². The van der Waals surface area contributed by atoms with Gasteiger partial charge in [-0.25, -0.2) is 0 Å². The van der Waals surface area contributed by atoms with Crippen molar-refractivity contribution in [2.75, 3.05) is 27.7 Å². The van der Waals surface area contributed by atoms with Gasteiger partial charge in [0, 0.05) is 32.5 Å². The van der Waals surface area contributed by atoms with E-state index in [1.165, 1.54) is 11.1 Å². The zero-order valence-corrected chi connectivity index (χ0v) is 19.4. The van der Waals surface area contributed by atoms with E-state index in [-0.39, 0.29) is 30.0 Å². The van der Waals surface area contributed by atoms with Gasteiger partial charge in [0.2, 0.25) is 0 Å². The highest BCUT2D eigenvalue weighted by Gasteiger charge is 2.17. The second kappa shape index (κ2) is 11.6. The SMILES string of the molecule is CN=C(NCc1ccccc1Cn1cccn1)NCC(c1ccco1)N(C)C.I. The van der Waals surface area contributed by atoms with Gasteiger partial charge in [-0.1, -0.05) is 24.3 Å². The van der Waals surface area contributed by atoms with E-state index < -0.39 is 0 Å². The first kappa shape index (κ1) is 23.0. The molecule has 1 atom stereocenters. The van der Waals surface area contributed by atoms with Gasteiger partial charge < -0.3 is 15.1 Å². The van der Waals surface area contributed by atoms with Crippen molar-refractivity contribution in [1.29, 1.82) is 0 Å². The summed E-state index contributed by atoms with van der Waals surface area (Å²) in [5, 5.41) is 11.1. The van der Waals surface area contributed by atoms with Gasteiger partial charge in [0.05, 0.1) is 18.8 Å². The molecule has 3 aromatic rings. The van der Waals surface area contributed by atoms with E-state index in [0.717, 1.165) is 18.3 Å². The highest BCUT2D eigenvalue weighted by atomic mass is 127. The first-order valence-corrected chi connectivity index (χ1v) is 9.36. The maximum absolute atomic E-state index is 5.57. The molecule has 29 heavy (non-hydrogen) atoms. The third-order valence-electron chi connectivity index (χ3n) is 4.64. The molecule has 0 aliphatic carbocycles. The lowest BCUT2D eigenvalue weighted by Crippen LogP contribution is -2.41. The molecule has 0 amide bonds. The molecular weight excluding hydrogens is 479 g/mol. The summed E-state index contributed by atoms with van der Waals surface area (Å²) in [5.41, 5.74) is 2.45. The summed E-state index contributed by atoms with van der Waals surface area (Å²) in [4.78, 5) is 6.47. The lowest BCUT2D eigenvalue weighted by atomic mass is 10.1. The van der Waals surface area contributed by atoms with Crippen LogP contribution in [-0.4, -0.2) is 48.3 Å². The van der Waals surface area contributed by atoms with Gasteiger partial charge >= 0.3 is 0 Å². The van der Waals surface area contributed by atoms with Crippen LogP contribution in [0.4, 0.5) is 0 Å². The Labute approximate surface area is 189 Å². The van der Waals surface area contributed by atoms with E-state index in [1.54, 1.807) is 19.5 Å². The number of benzene rings is 1. The van der Waals surface area contributed by atoms with Crippen LogP contribution in [0, 0.1) is 0 Å². The number of halogens is 1. The molecule has 0 saturated carbocycles. The van der Waals surface area contributed by atoms with Crippen molar-refractivity contribution in [2.45, 2.75) is 19.1 Å². The molecule has 0 saturated heterocycles. The first-order valence-electron chi connectivity index (χ1n) is 9.36. The van der Waals surface area contributed by atoms with Crippen LogP contribution in [-0.2, 0) is 13.1 Å². The highest BCUT2D eigenvalue weighted by Crippen LogP contribution is 2.17. The molecule has 3 rings (SSSR count). The third kappa shape index (κ3) is 6.60. The maximum atomic E-state index is 5.57. The second-order valence-corrected chi connectivity index (χ2v) is 6.77. The highest BCUT2D eigenvalue weighted by molar-refractivity contribution is 14.0. The lowest BCUT2D eigenvalue weighted by molar-refractivity contribution is 0.258. The minimum absolute atomic E-state index is 0. The van der Waals surface area contributed by atoms with Gasteiger partial charge in [0.1, 0.15) is 5.76 Å². The summed E-state index contributed by atoms with van der Waals surface area (Å²) in [6.45, 7) is 2.12. The predicted octanol–water partition coefficient (Wildman–Crippen LogP) is 3.11. The average Bonchev–Trinajstić information content (AvgIpc) is 3.39. The Morgan fingerprint density at radius 2 is 1.93 bits per heavy atom. The maximum Gasteiger partial charge on any atom is 0.191 e. The normalized spacial score (nSPS) is 12.5. The number of hydrogen-bond acceptors (Lipinski definition) is 4. The fourth-order valence-corrected chi connectivity index (χ4v) is 3.06. The van der Waals surface area contributed by atoms with Gasteiger partial charge in [-0.2, -0.15) is 5.10 Å². The summed E-state index contributed by atoms with van der Waals surface area (Å²) in [5.74, 6) is 1.69. The zero-order chi connectivity index (χ0) is 19.8. The number of likely N-dealkylation sites (N-methyl/N-ethyl adjacent to an activating group) is 1. The molecule has 1 aromatic carbocycles. The molecule has 8 heteroatoms. The van der Waals surface area contributed by atoms with E-state index in [2.05, 4.69) is 49.9 Å². The quantitative estimate of drug-likeness (QED) is 0.278. The van der Waals surface area contributed by atoms with Crippen LogP contribution in [0.2, 0.25) is 0 Å². The molecule has 0 aliphatic rings. The molecule has 0 bridgehead atoms. The van der Waals surface area contributed by atoms with E-state index in [4.69, 9.17) is 4.42 Å². The Morgan fingerprint density at radius 3 is 2.55 bits per heavy atom. The number of guanidine groups is 1. The Balaban J connectivity index is 0.00000300.